The average molecular weight is 1250 g/mol. The number of benzene rings is 14. The molecule has 96 heavy (non-hydrogen) atoms. The lowest BCUT2D eigenvalue weighted by Crippen LogP contribution is -2.63. The van der Waals surface area contributed by atoms with Gasteiger partial charge in [-0.15, -0.1) is 0 Å². The Labute approximate surface area is 567 Å². The predicted molar refractivity (Wildman–Crippen MR) is 407 cm³/mol. The standard InChI is InChI=1S/C88H64B2N4OS/c1-88(2,3)63-49-45-62(46-50-63)71-38-20-24-42-77(71)94-79-58-84-75(57-74(79)90-73-40-22-26-44-82(73)95-83-55-68(53-80(94)86(83)90)91(64-31-13-6-14-32-64)65-33-15-7-16-34-65)89-72-39-21-25-43-78(72)93(66-35-17-8-18-36-66)81-54-69(56-85(96-84)87(81)89)92(67-51-47-60(48-52-67)59-27-9-4-10-28-59)76-41-23-19-37-70(76)61-29-11-5-12-30-61/h4-58H,1-3H3. The first-order valence-corrected chi connectivity index (χ1v) is 34.0. The lowest BCUT2D eigenvalue weighted by atomic mass is 9.31. The van der Waals surface area contributed by atoms with Gasteiger partial charge in [0, 0.05) is 78.2 Å². The molecule has 0 amide bonds. The Morgan fingerprint density at radius 2 is 0.823 bits per heavy atom. The first-order valence-electron chi connectivity index (χ1n) is 33.2. The van der Waals surface area contributed by atoms with Crippen LogP contribution in [0.4, 0.5) is 68.2 Å². The molecule has 454 valence electrons. The summed E-state index contributed by atoms with van der Waals surface area (Å²) >= 11 is 1.90. The highest BCUT2D eigenvalue weighted by molar-refractivity contribution is 8.00. The second-order valence-electron chi connectivity index (χ2n) is 26.4. The molecule has 0 radical (unpaired) electrons. The van der Waals surface area contributed by atoms with E-state index in [0.717, 1.165) is 113 Å². The molecule has 0 unspecified atom stereocenters. The summed E-state index contributed by atoms with van der Waals surface area (Å²) in [4.78, 5) is 12.4. The van der Waals surface area contributed by atoms with Crippen molar-refractivity contribution in [2.45, 2.75) is 36.0 Å². The number of fused-ring (bicyclic) bond motifs is 8. The average Bonchev–Trinajstić information content (AvgIpc) is 0.694. The van der Waals surface area contributed by atoms with E-state index < -0.39 is 0 Å². The summed E-state index contributed by atoms with van der Waals surface area (Å²) in [6.45, 7) is 6.57. The van der Waals surface area contributed by atoms with Gasteiger partial charge in [0.25, 0.3) is 6.71 Å². The van der Waals surface area contributed by atoms with Crippen LogP contribution >= 0.6 is 11.8 Å². The van der Waals surface area contributed by atoms with E-state index in [9.17, 15) is 0 Å². The van der Waals surface area contributed by atoms with Crippen LogP contribution in [-0.2, 0) is 5.41 Å². The van der Waals surface area contributed by atoms with Crippen molar-refractivity contribution in [1.29, 1.82) is 0 Å². The van der Waals surface area contributed by atoms with Gasteiger partial charge in [0.05, 0.1) is 17.1 Å². The molecule has 0 saturated heterocycles. The number of hydrogen-bond donors (Lipinski definition) is 0. The lowest BCUT2D eigenvalue weighted by molar-refractivity contribution is 0.487. The predicted octanol–water partition coefficient (Wildman–Crippen LogP) is 20.1. The summed E-state index contributed by atoms with van der Waals surface area (Å²) in [5.74, 6) is 1.71. The van der Waals surface area contributed by atoms with Crippen molar-refractivity contribution >= 4 is 126 Å². The second-order valence-corrected chi connectivity index (χ2v) is 27.4. The molecule has 14 aromatic carbocycles. The Bertz CT molecular complexity index is 5260. The van der Waals surface area contributed by atoms with Crippen molar-refractivity contribution in [2.75, 3.05) is 19.6 Å². The van der Waals surface area contributed by atoms with E-state index in [1.165, 1.54) is 48.3 Å². The van der Waals surface area contributed by atoms with Gasteiger partial charge in [-0.05, 0) is 158 Å². The molecule has 0 fully saturated rings. The normalized spacial score (nSPS) is 12.9. The van der Waals surface area contributed by atoms with Crippen LogP contribution in [0.3, 0.4) is 0 Å². The molecular formula is C88H64B2N4OS. The molecule has 0 bridgehead atoms. The highest BCUT2D eigenvalue weighted by Crippen LogP contribution is 2.52. The monoisotopic (exact) mass is 1250 g/mol. The number of rotatable bonds is 11. The molecule has 14 aromatic rings. The van der Waals surface area contributed by atoms with Gasteiger partial charge in [-0.25, -0.2) is 0 Å². The van der Waals surface area contributed by atoms with Gasteiger partial charge in [0.2, 0.25) is 6.71 Å². The number of para-hydroxylation sites is 7. The fourth-order valence-corrected chi connectivity index (χ4v) is 16.5. The van der Waals surface area contributed by atoms with E-state index in [0.29, 0.717) is 0 Å². The van der Waals surface area contributed by atoms with Crippen molar-refractivity contribution in [3.63, 3.8) is 0 Å². The van der Waals surface area contributed by atoms with Crippen LogP contribution in [0.1, 0.15) is 26.3 Å². The fraction of sp³-hybridized carbons (Fsp3) is 0.0455. The maximum atomic E-state index is 7.36. The molecule has 18 rings (SSSR count). The Kier molecular flexibility index (Phi) is 13.9. The molecule has 4 heterocycles. The Balaban J connectivity index is 0.904. The van der Waals surface area contributed by atoms with Gasteiger partial charge in [0.1, 0.15) is 11.5 Å². The first kappa shape index (κ1) is 57.2. The smallest absolute Gasteiger partial charge is 0.256 e. The van der Waals surface area contributed by atoms with Crippen LogP contribution in [0.15, 0.2) is 343 Å². The zero-order valence-electron chi connectivity index (χ0n) is 53.5. The maximum Gasteiger partial charge on any atom is 0.256 e. The van der Waals surface area contributed by atoms with E-state index in [4.69, 9.17) is 4.74 Å². The van der Waals surface area contributed by atoms with E-state index >= 15 is 0 Å². The summed E-state index contributed by atoms with van der Waals surface area (Å²) in [6, 6.07) is 123. The van der Waals surface area contributed by atoms with Gasteiger partial charge in [-0.3, -0.25) is 0 Å². The van der Waals surface area contributed by atoms with Crippen molar-refractivity contribution in [1.82, 2.24) is 0 Å². The van der Waals surface area contributed by atoms with E-state index in [1.807, 2.05) is 11.8 Å². The van der Waals surface area contributed by atoms with Crippen LogP contribution in [0.25, 0.3) is 33.4 Å². The van der Waals surface area contributed by atoms with Crippen molar-refractivity contribution in [2.24, 2.45) is 0 Å². The van der Waals surface area contributed by atoms with E-state index in [2.05, 4.69) is 374 Å². The number of hydrogen-bond acceptors (Lipinski definition) is 6. The van der Waals surface area contributed by atoms with Gasteiger partial charge < -0.3 is 24.3 Å². The Morgan fingerprint density at radius 1 is 0.312 bits per heavy atom. The molecule has 5 nitrogen and oxygen atoms in total. The third kappa shape index (κ3) is 9.65. The second kappa shape index (κ2) is 23.2. The maximum absolute atomic E-state index is 7.36. The Hall–Kier alpha value is -11.4. The molecule has 0 spiro atoms. The molecule has 8 heteroatoms. The summed E-state index contributed by atoms with van der Waals surface area (Å²) in [5.41, 5.74) is 28.7. The third-order valence-electron chi connectivity index (χ3n) is 19.7. The van der Waals surface area contributed by atoms with Crippen LogP contribution in [0.5, 0.6) is 11.5 Å². The molecular weight excluding hydrogens is 1180 g/mol. The number of ether oxygens (including phenoxy) is 1. The van der Waals surface area contributed by atoms with Gasteiger partial charge >= 0.3 is 0 Å². The molecule has 0 N–H and O–H groups in total. The van der Waals surface area contributed by atoms with Crippen LogP contribution in [-0.4, -0.2) is 13.4 Å². The largest absolute Gasteiger partial charge is 0.458 e. The lowest BCUT2D eigenvalue weighted by Gasteiger charge is -2.44. The first-order chi connectivity index (χ1) is 47.3. The molecule has 0 saturated carbocycles. The minimum Gasteiger partial charge on any atom is -0.458 e. The molecule has 0 aromatic heterocycles. The Morgan fingerprint density at radius 3 is 1.51 bits per heavy atom. The highest BCUT2D eigenvalue weighted by atomic mass is 32.2. The molecule has 0 aliphatic carbocycles. The van der Waals surface area contributed by atoms with Crippen LogP contribution < -0.4 is 57.1 Å². The number of anilines is 12. The molecule has 4 aliphatic rings. The summed E-state index contributed by atoms with van der Waals surface area (Å²) in [7, 11) is 0. The van der Waals surface area contributed by atoms with E-state index in [-0.39, 0.29) is 18.8 Å². The zero-order chi connectivity index (χ0) is 64.0. The number of nitrogens with zero attached hydrogens (tertiary/aromatic N) is 4. The van der Waals surface area contributed by atoms with Crippen LogP contribution in [0.2, 0.25) is 0 Å². The van der Waals surface area contributed by atoms with Crippen molar-refractivity contribution in [3.8, 4) is 44.9 Å². The van der Waals surface area contributed by atoms with Gasteiger partial charge in [-0.1, -0.05) is 269 Å². The topological polar surface area (TPSA) is 22.2 Å². The summed E-state index contributed by atoms with van der Waals surface area (Å²) in [6.07, 6.45) is 0. The third-order valence-corrected chi connectivity index (χ3v) is 20.8. The van der Waals surface area contributed by atoms with Crippen molar-refractivity contribution < 1.29 is 4.74 Å². The highest BCUT2D eigenvalue weighted by Gasteiger charge is 2.47. The van der Waals surface area contributed by atoms with Crippen LogP contribution in [0, 0.1) is 0 Å². The minimum atomic E-state index is -0.176. The quantitative estimate of drug-likeness (QED) is 0.120. The van der Waals surface area contributed by atoms with Gasteiger partial charge in [-0.2, -0.15) is 0 Å². The summed E-state index contributed by atoms with van der Waals surface area (Å²) < 4.78 is 7.36. The van der Waals surface area contributed by atoms with Gasteiger partial charge in [0.15, 0.2) is 0 Å². The SMILES string of the molecule is CC(C)(C)c1ccc(-c2ccccc2N2c3cc4c(cc3B3c5ccccc5Oc5cc(N(c6ccccc6)c6ccccc6)cc2c53)B2c3ccccc3N(c3ccccc3)c3cc(N(c5ccc(-c6ccccc6)cc5)c5ccccc5-c5ccccc5)cc(c32)S4)cc1. The fourth-order valence-electron chi connectivity index (χ4n) is 15.3. The zero-order valence-corrected chi connectivity index (χ0v) is 54.3. The van der Waals surface area contributed by atoms with E-state index in [1.54, 1.807) is 0 Å². The molecule has 0 atom stereocenters. The minimum absolute atomic E-state index is 0.00724. The molecule has 4 aliphatic heterocycles. The van der Waals surface area contributed by atoms with Crippen molar-refractivity contribution in [3.05, 3.63) is 339 Å². The summed E-state index contributed by atoms with van der Waals surface area (Å²) in [5, 5.41) is 0.